The van der Waals surface area contributed by atoms with E-state index >= 15 is 0 Å². The Morgan fingerprint density at radius 3 is 3.00 bits per heavy atom. The zero-order valence-electron chi connectivity index (χ0n) is 10.8. The van der Waals surface area contributed by atoms with E-state index in [9.17, 15) is 4.39 Å². The van der Waals surface area contributed by atoms with E-state index in [4.69, 9.17) is 0 Å². The quantitative estimate of drug-likeness (QED) is 0.908. The van der Waals surface area contributed by atoms with Crippen molar-refractivity contribution in [3.63, 3.8) is 0 Å². The van der Waals surface area contributed by atoms with Gasteiger partial charge in [0, 0.05) is 17.8 Å². The molecule has 2 atom stereocenters. The van der Waals surface area contributed by atoms with Gasteiger partial charge in [-0.05, 0) is 37.5 Å². The molecule has 4 heteroatoms. The Labute approximate surface area is 112 Å². The number of benzene rings is 1. The maximum Gasteiger partial charge on any atom is 0.157 e. The van der Waals surface area contributed by atoms with Crippen LogP contribution in [0, 0.1) is 5.82 Å². The normalized spacial score (nSPS) is 26.1. The Balaban J connectivity index is 1.87. The molecule has 1 heterocycles. The average molecular weight is 266 g/mol. The van der Waals surface area contributed by atoms with Crippen LogP contribution in [0.5, 0.6) is 0 Å². The van der Waals surface area contributed by atoms with Gasteiger partial charge < -0.3 is 5.32 Å². The lowest BCUT2D eigenvalue weighted by molar-refractivity contribution is 0.597. The van der Waals surface area contributed by atoms with Crippen molar-refractivity contribution in [3.8, 4) is 0 Å². The molecule has 0 aliphatic carbocycles. The predicted molar refractivity (Wildman–Crippen MR) is 76.7 cm³/mol. The monoisotopic (exact) mass is 266 g/mol. The highest BCUT2D eigenvalue weighted by Crippen LogP contribution is 2.22. The van der Waals surface area contributed by atoms with E-state index in [1.807, 2.05) is 6.07 Å². The first-order chi connectivity index (χ1) is 8.63. The second kappa shape index (κ2) is 6.23. The van der Waals surface area contributed by atoms with Gasteiger partial charge in [-0.2, -0.15) is 0 Å². The smallest absolute Gasteiger partial charge is 0.157 e. The van der Waals surface area contributed by atoms with E-state index in [2.05, 4.69) is 24.2 Å². The Hall–Kier alpha value is -1.03. The summed E-state index contributed by atoms with van der Waals surface area (Å²) in [7, 11) is 0. The molecule has 0 saturated carbocycles. The van der Waals surface area contributed by atoms with Crippen molar-refractivity contribution in [2.75, 3.05) is 6.54 Å². The van der Waals surface area contributed by atoms with Crippen molar-refractivity contribution in [1.82, 2.24) is 5.32 Å². The number of nitrogens with zero attached hydrogens (tertiary/aromatic N) is 1. The average Bonchev–Trinajstić information content (AvgIpc) is 2.27. The molecule has 0 bridgehead atoms. The van der Waals surface area contributed by atoms with Crippen molar-refractivity contribution in [1.29, 1.82) is 0 Å². The van der Waals surface area contributed by atoms with Gasteiger partial charge >= 0.3 is 0 Å². The lowest BCUT2D eigenvalue weighted by Crippen LogP contribution is -2.38. The molecule has 1 fully saturated rings. The number of thioether (sulfide) groups is 1. The van der Waals surface area contributed by atoms with Gasteiger partial charge in [-0.1, -0.05) is 30.8 Å². The lowest BCUT2D eigenvalue weighted by atomic mass is 10.1. The predicted octanol–water partition coefficient (Wildman–Crippen LogP) is 3.23. The zero-order valence-corrected chi connectivity index (χ0v) is 11.6. The number of rotatable bonds is 3. The van der Waals surface area contributed by atoms with Gasteiger partial charge in [-0.15, -0.1) is 0 Å². The molecule has 0 radical (unpaired) electrons. The zero-order chi connectivity index (χ0) is 13.0. The molecule has 1 aliphatic heterocycles. The minimum atomic E-state index is -0.174. The maximum absolute atomic E-state index is 13.0. The molecule has 1 N–H and O–H groups in total. The van der Waals surface area contributed by atoms with Crippen molar-refractivity contribution in [3.05, 3.63) is 35.6 Å². The van der Waals surface area contributed by atoms with Crippen LogP contribution in [-0.4, -0.2) is 23.0 Å². The summed E-state index contributed by atoms with van der Waals surface area (Å²) in [6, 6.07) is 7.23. The third-order valence-corrected chi connectivity index (χ3v) is 3.98. The maximum atomic E-state index is 13.0. The van der Waals surface area contributed by atoms with Gasteiger partial charge in [0.1, 0.15) is 5.82 Å². The number of halogens is 1. The number of nitrogens with one attached hydrogen (secondary N) is 1. The molecule has 18 heavy (non-hydrogen) atoms. The van der Waals surface area contributed by atoms with Gasteiger partial charge in [-0.25, -0.2) is 4.39 Å². The van der Waals surface area contributed by atoms with Crippen LogP contribution in [0.4, 0.5) is 4.39 Å². The van der Waals surface area contributed by atoms with Crippen LogP contribution in [0.3, 0.4) is 0 Å². The van der Waals surface area contributed by atoms with E-state index in [1.54, 1.807) is 23.9 Å². The highest BCUT2D eigenvalue weighted by atomic mass is 32.2. The third kappa shape index (κ3) is 4.02. The van der Waals surface area contributed by atoms with Crippen LogP contribution in [0.1, 0.15) is 25.8 Å². The molecule has 2 rings (SSSR count). The summed E-state index contributed by atoms with van der Waals surface area (Å²) in [5, 5.41) is 5.03. The number of aliphatic imine (C=N–C) groups is 1. The third-order valence-electron chi connectivity index (χ3n) is 2.91. The van der Waals surface area contributed by atoms with Crippen LogP contribution in [-0.2, 0) is 6.42 Å². The van der Waals surface area contributed by atoms with Crippen molar-refractivity contribution < 1.29 is 4.39 Å². The Morgan fingerprint density at radius 1 is 1.44 bits per heavy atom. The van der Waals surface area contributed by atoms with E-state index < -0.39 is 0 Å². The van der Waals surface area contributed by atoms with E-state index in [1.165, 1.54) is 12.5 Å². The molecule has 1 saturated heterocycles. The molecule has 0 aromatic heterocycles. The van der Waals surface area contributed by atoms with E-state index in [0.717, 1.165) is 17.2 Å². The largest absolute Gasteiger partial charge is 0.362 e. The summed E-state index contributed by atoms with van der Waals surface area (Å²) in [6.07, 6.45) is 1.96. The topological polar surface area (TPSA) is 24.4 Å². The fourth-order valence-corrected chi connectivity index (χ4v) is 3.30. The van der Waals surface area contributed by atoms with Crippen molar-refractivity contribution >= 4 is 16.9 Å². The van der Waals surface area contributed by atoms with Crippen LogP contribution >= 0.6 is 11.8 Å². The standard InChI is InChI=1S/C14H19FN2S/c1-10-8-11(2)18-14(17-10)16-7-6-12-4-3-5-13(15)9-12/h3-5,9-11H,6-8H2,1-2H3,(H,16,17). The summed E-state index contributed by atoms with van der Waals surface area (Å²) in [6.45, 7) is 5.11. The van der Waals surface area contributed by atoms with Crippen molar-refractivity contribution in [2.45, 2.75) is 38.0 Å². The Kier molecular flexibility index (Phi) is 4.64. The molecule has 1 aliphatic rings. The molecule has 2 unspecified atom stereocenters. The van der Waals surface area contributed by atoms with Gasteiger partial charge in [-0.3, -0.25) is 4.99 Å². The number of amidine groups is 1. The van der Waals surface area contributed by atoms with Crippen LogP contribution in [0.25, 0.3) is 0 Å². The number of hydrogen-bond donors (Lipinski definition) is 1. The minimum absolute atomic E-state index is 0.174. The Bertz CT molecular complexity index is 422. The summed E-state index contributed by atoms with van der Waals surface area (Å²) in [5.74, 6) is -0.174. The first-order valence-corrected chi connectivity index (χ1v) is 7.23. The van der Waals surface area contributed by atoms with Crippen molar-refractivity contribution in [2.24, 2.45) is 4.99 Å². The second-order valence-electron chi connectivity index (χ2n) is 4.78. The minimum Gasteiger partial charge on any atom is -0.362 e. The summed E-state index contributed by atoms with van der Waals surface area (Å²) < 4.78 is 13.0. The fourth-order valence-electron chi connectivity index (χ4n) is 2.10. The van der Waals surface area contributed by atoms with Crippen LogP contribution in [0.15, 0.2) is 29.3 Å². The molecule has 98 valence electrons. The first kappa shape index (κ1) is 13.4. The summed E-state index contributed by atoms with van der Waals surface area (Å²) in [4.78, 5) is 4.56. The molecule has 0 amide bonds. The second-order valence-corrected chi connectivity index (χ2v) is 6.20. The van der Waals surface area contributed by atoms with Crippen LogP contribution < -0.4 is 5.32 Å². The molecule has 2 nitrogen and oxygen atoms in total. The highest BCUT2D eigenvalue weighted by molar-refractivity contribution is 8.14. The molecular formula is C14H19FN2S. The Morgan fingerprint density at radius 2 is 2.28 bits per heavy atom. The molecule has 1 aromatic carbocycles. The van der Waals surface area contributed by atoms with Gasteiger partial charge in [0.05, 0.1) is 0 Å². The molecule has 1 aromatic rings. The van der Waals surface area contributed by atoms with E-state index in [0.29, 0.717) is 17.8 Å². The molecule has 0 spiro atoms. The van der Waals surface area contributed by atoms with Gasteiger partial charge in [0.25, 0.3) is 0 Å². The summed E-state index contributed by atoms with van der Waals surface area (Å²) in [5.41, 5.74) is 1.00. The van der Waals surface area contributed by atoms with Gasteiger partial charge in [0.15, 0.2) is 5.17 Å². The van der Waals surface area contributed by atoms with Gasteiger partial charge in [0.2, 0.25) is 0 Å². The molecular weight excluding hydrogens is 247 g/mol. The summed E-state index contributed by atoms with van der Waals surface area (Å²) >= 11 is 1.79. The van der Waals surface area contributed by atoms with E-state index in [-0.39, 0.29) is 5.82 Å². The number of hydrogen-bond acceptors (Lipinski definition) is 2. The SMILES string of the molecule is CC1CC(C)SC(=NCCc2cccc(F)c2)N1. The first-order valence-electron chi connectivity index (χ1n) is 6.35. The lowest BCUT2D eigenvalue weighted by Gasteiger charge is -2.26. The fraction of sp³-hybridized carbons (Fsp3) is 0.500. The highest BCUT2D eigenvalue weighted by Gasteiger charge is 2.19. The van der Waals surface area contributed by atoms with Crippen LogP contribution in [0.2, 0.25) is 0 Å².